The van der Waals surface area contributed by atoms with Gasteiger partial charge >= 0.3 is 0 Å². The smallest absolute Gasteiger partial charge is 0.223 e. The van der Waals surface area contributed by atoms with Crippen molar-refractivity contribution in [2.75, 3.05) is 7.05 Å². The molecule has 1 aliphatic rings. The molecule has 1 aliphatic carbocycles. The molecule has 1 fully saturated rings. The predicted octanol–water partition coefficient (Wildman–Crippen LogP) is 0.899. The average Bonchev–Trinajstić information content (AvgIpc) is 1.79. The maximum Gasteiger partial charge on any atom is 0.223 e. The quantitative estimate of drug-likeness (QED) is 0.669. The van der Waals surface area contributed by atoms with Crippen LogP contribution in [0.2, 0.25) is 0 Å². The summed E-state index contributed by atoms with van der Waals surface area (Å²) in [6, 6.07) is 0.552. The van der Waals surface area contributed by atoms with Gasteiger partial charge in [0.15, 0.2) is 0 Å². The molecule has 0 saturated heterocycles. The number of hydrogen-bond acceptors (Lipinski definition) is 2. The predicted molar refractivity (Wildman–Crippen MR) is 53.5 cm³/mol. The van der Waals surface area contributed by atoms with Crippen LogP contribution in [0.4, 0.5) is 0 Å². The van der Waals surface area contributed by atoms with Crippen molar-refractivity contribution in [3.05, 3.63) is 0 Å². The van der Waals surface area contributed by atoms with Crippen molar-refractivity contribution in [3.63, 3.8) is 0 Å². The van der Waals surface area contributed by atoms with Crippen molar-refractivity contribution in [1.29, 1.82) is 0 Å². The summed E-state index contributed by atoms with van der Waals surface area (Å²) in [7, 11) is 1.95. The van der Waals surface area contributed by atoms with E-state index in [0.717, 1.165) is 12.8 Å². The van der Waals surface area contributed by atoms with E-state index in [4.69, 9.17) is 0 Å². The van der Waals surface area contributed by atoms with Gasteiger partial charge < -0.3 is 10.6 Å². The lowest BCUT2D eigenvalue weighted by atomic mass is 9.79. The van der Waals surface area contributed by atoms with Gasteiger partial charge in [0.2, 0.25) is 5.91 Å². The summed E-state index contributed by atoms with van der Waals surface area (Å²) in [6.45, 7) is 6.04. The second kappa shape index (κ2) is 3.66. The van der Waals surface area contributed by atoms with Crippen molar-refractivity contribution in [2.45, 2.75) is 45.2 Å². The topological polar surface area (TPSA) is 41.1 Å². The number of rotatable bonds is 2. The first-order chi connectivity index (χ1) is 5.92. The van der Waals surface area contributed by atoms with Crippen LogP contribution in [0.15, 0.2) is 0 Å². The van der Waals surface area contributed by atoms with Crippen LogP contribution in [0, 0.1) is 5.92 Å². The zero-order valence-corrected chi connectivity index (χ0v) is 8.98. The molecule has 0 spiro atoms. The van der Waals surface area contributed by atoms with Gasteiger partial charge in [-0.1, -0.05) is 0 Å². The molecule has 1 saturated carbocycles. The number of amides is 1. The zero-order valence-electron chi connectivity index (χ0n) is 8.98. The van der Waals surface area contributed by atoms with E-state index in [1.807, 2.05) is 27.8 Å². The number of hydrogen-bond donors (Lipinski definition) is 2. The molecule has 0 bridgehead atoms. The minimum atomic E-state index is -0.0954. The van der Waals surface area contributed by atoms with Crippen molar-refractivity contribution in [2.24, 2.45) is 5.92 Å². The van der Waals surface area contributed by atoms with Crippen LogP contribution in [0.1, 0.15) is 33.6 Å². The monoisotopic (exact) mass is 184 g/mol. The van der Waals surface area contributed by atoms with Crippen LogP contribution in [-0.2, 0) is 4.79 Å². The summed E-state index contributed by atoms with van der Waals surface area (Å²) in [4.78, 5) is 11.6. The standard InChI is InChI=1S/C10H20N2O/c1-10(2,3)12-9(13)7-5-8(6-7)11-4/h7-8,11H,5-6H2,1-4H3,(H,12,13). The largest absolute Gasteiger partial charge is 0.351 e. The van der Waals surface area contributed by atoms with E-state index in [1.54, 1.807) is 0 Å². The SMILES string of the molecule is CNC1CC(C(=O)NC(C)(C)C)C1. The van der Waals surface area contributed by atoms with Gasteiger partial charge in [-0.05, 0) is 40.7 Å². The molecule has 1 rings (SSSR count). The lowest BCUT2D eigenvalue weighted by Gasteiger charge is -2.35. The highest BCUT2D eigenvalue weighted by Crippen LogP contribution is 2.27. The first-order valence-electron chi connectivity index (χ1n) is 4.91. The van der Waals surface area contributed by atoms with Gasteiger partial charge in [0, 0.05) is 17.5 Å². The maximum absolute atomic E-state index is 11.6. The molecule has 0 atom stereocenters. The summed E-state index contributed by atoms with van der Waals surface area (Å²) < 4.78 is 0. The molecular formula is C10H20N2O. The van der Waals surface area contributed by atoms with Crippen molar-refractivity contribution >= 4 is 5.91 Å². The van der Waals surface area contributed by atoms with Crippen molar-refractivity contribution < 1.29 is 4.79 Å². The summed E-state index contributed by atoms with van der Waals surface area (Å²) >= 11 is 0. The average molecular weight is 184 g/mol. The molecule has 0 unspecified atom stereocenters. The zero-order chi connectivity index (χ0) is 10.1. The van der Waals surface area contributed by atoms with Gasteiger partial charge in [0.1, 0.15) is 0 Å². The molecule has 0 aromatic heterocycles. The van der Waals surface area contributed by atoms with E-state index in [9.17, 15) is 4.79 Å². The first-order valence-corrected chi connectivity index (χ1v) is 4.91. The summed E-state index contributed by atoms with van der Waals surface area (Å²) in [5.41, 5.74) is -0.0954. The fourth-order valence-corrected chi connectivity index (χ4v) is 1.54. The Morgan fingerprint density at radius 3 is 2.23 bits per heavy atom. The van der Waals surface area contributed by atoms with Crippen LogP contribution in [-0.4, -0.2) is 24.5 Å². The Bertz CT molecular complexity index is 190. The third kappa shape index (κ3) is 2.99. The minimum Gasteiger partial charge on any atom is -0.351 e. The third-order valence-electron chi connectivity index (χ3n) is 2.42. The third-order valence-corrected chi connectivity index (χ3v) is 2.42. The van der Waals surface area contributed by atoms with E-state index in [1.165, 1.54) is 0 Å². The lowest BCUT2D eigenvalue weighted by molar-refractivity contribution is -0.129. The Labute approximate surface area is 80.3 Å². The van der Waals surface area contributed by atoms with Crippen LogP contribution in [0.3, 0.4) is 0 Å². The molecule has 76 valence electrons. The van der Waals surface area contributed by atoms with Gasteiger partial charge in [-0.2, -0.15) is 0 Å². The fourth-order valence-electron chi connectivity index (χ4n) is 1.54. The van der Waals surface area contributed by atoms with Crippen LogP contribution < -0.4 is 10.6 Å². The van der Waals surface area contributed by atoms with Crippen LogP contribution >= 0.6 is 0 Å². The molecular weight excluding hydrogens is 164 g/mol. The van der Waals surface area contributed by atoms with E-state index in [2.05, 4.69) is 10.6 Å². The van der Waals surface area contributed by atoms with Crippen molar-refractivity contribution in [1.82, 2.24) is 10.6 Å². The molecule has 0 aromatic rings. The number of nitrogens with one attached hydrogen (secondary N) is 2. The normalized spacial score (nSPS) is 28.0. The van der Waals surface area contributed by atoms with Crippen LogP contribution in [0.25, 0.3) is 0 Å². The molecule has 3 heteroatoms. The van der Waals surface area contributed by atoms with Gasteiger partial charge in [-0.25, -0.2) is 0 Å². The Kier molecular flexibility index (Phi) is 2.96. The maximum atomic E-state index is 11.6. The molecule has 1 amide bonds. The number of carbonyl (C=O) groups excluding carboxylic acids is 1. The van der Waals surface area contributed by atoms with Crippen molar-refractivity contribution in [3.8, 4) is 0 Å². The highest BCUT2D eigenvalue weighted by molar-refractivity contribution is 5.80. The molecule has 0 heterocycles. The lowest BCUT2D eigenvalue weighted by Crippen LogP contribution is -2.50. The molecule has 0 aromatic carbocycles. The Balaban J connectivity index is 2.27. The highest BCUT2D eigenvalue weighted by Gasteiger charge is 2.34. The minimum absolute atomic E-state index is 0.0954. The summed E-state index contributed by atoms with van der Waals surface area (Å²) in [5, 5.41) is 6.17. The Hall–Kier alpha value is -0.570. The van der Waals surface area contributed by atoms with Gasteiger partial charge in [0.25, 0.3) is 0 Å². The molecule has 2 N–H and O–H groups in total. The van der Waals surface area contributed by atoms with Gasteiger partial charge in [-0.3, -0.25) is 4.79 Å². The van der Waals surface area contributed by atoms with E-state index in [0.29, 0.717) is 6.04 Å². The first kappa shape index (κ1) is 10.5. The molecule has 0 radical (unpaired) electrons. The molecule has 0 aliphatic heterocycles. The fraction of sp³-hybridized carbons (Fsp3) is 0.900. The second-order valence-corrected chi connectivity index (χ2v) is 4.89. The van der Waals surface area contributed by atoms with Gasteiger partial charge in [0.05, 0.1) is 0 Å². The van der Waals surface area contributed by atoms with E-state index >= 15 is 0 Å². The van der Waals surface area contributed by atoms with Gasteiger partial charge in [-0.15, -0.1) is 0 Å². The molecule has 13 heavy (non-hydrogen) atoms. The highest BCUT2D eigenvalue weighted by atomic mass is 16.2. The summed E-state index contributed by atoms with van der Waals surface area (Å²) in [5.74, 6) is 0.440. The molecule has 3 nitrogen and oxygen atoms in total. The Morgan fingerprint density at radius 2 is 1.85 bits per heavy atom. The Morgan fingerprint density at radius 1 is 1.31 bits per heavy atom. The summed E-state index contributed by atoms with van der Waals surface area (Å²) in [6.07, 6.45) is 1.97. The number of carbonyl (C=O) groups is 1. The van der Waals surface area contributed by atoms with E-state index < -0.39 is 0 Å². The second-order valence-electron chi connectivity index (χ2n) is 4.89. The van der Waals surface area contributed by atoms with Crippen LogP contribution in [0.5, 0.6) is 0 Å². The van der Waals surface area contributed by atoms with E-state index in [-0.39, 0.29) is 17.4 Å².